The number of carbonyl (C=O) groups excluding carboxylic acids is 1. The first-order valence-corrected chi connectivity index (χ1v) is 9.01. The molecule has 0 unspecified atom stereocenters. The molecule has 0 bridgehead atoms. The van der Waals surface area contributed by atoms with Crippen molar-refractivity contribution in [3.8, 4) is 11.5 Å². The summed E-state index contributed by atoms with van der Waals surface area (Å²) in [5, 5.41) is 0. The van der Waals surface area contributed by atoms with Crippen LogP contribution in [0, 0.1) is 6.92 Å². The standard InChI is InChI=1S/C23H21NO3/c1-17-11-13-19(14-12-17)24(15-18-7-3-2-4-8-18)23(25)22-16-26-20-9-5-6-10-21(20)27-22/h2-14,22H,15-16H2,1H3/t22-/m1/s1. The van der Waals surface area contributed by atoms with Crippen molar-refractivity contribution in [2.24, 2.45) is 0 Å². The number of para-hydroxylation sites is 2. The van der Waals surface area contributed by atoms with Gasteiger partial charge < -0.3 is 14.4 Å². The lowest BCUT2D eigenvalue weighted by atomic mass is 10.1. The van der Waals surface area contributed by atoms with Crippen LogP contribution in [0.5, 0.6) is 11.5 Å². The van der Waals surface area contributed by atoms with Gasteiger partial charge in [-0.25, -0.2) is 0 Å². The molecule has 4 rings (SSSR count). The largest absolute Gasteiger partial charge is 0.485 e. The normalized spacial score (nSPS) is 15.2. The molecule has 4 nitrogen and oxygen atoms in total. The molecule has 1 heterocycles. The number of fused-ring (bicyclic) bond motifs is 1. The second-order valence-electron chi connectivity index (χ2n) is 6.61. The Labute approximate surface area is 159 Å². The Bertz CT molecular complexity index is 922. The van der Waals surface area contributed by atoms with Crippen molar-refractivity contribution in [2.45, 2.75) is 19.6 Å². The molecule has 0 aliphatic carbocycles. The molecule has 136 valence electrons. The molecule has 4 heteroatoms. The molecule has 0 saturated carbocycles. The summed E-state index contributed by atoms with van der Waals surface area (Å²) >= 11 is 0. The van der Waals surface area contributed by atoms with Crippen LogP contribution >= 0.6 is 0 Å². The third-order valence-corrected chi connectivity index (χ3v) is 4.58. The van der Waals surface area contributed by atoms with Gasteiger partial charge in [0.1, 0.15) is 6.61 Å². The van der Waals surface area contributed by atoms with Crippen LogP contribution in [0.25, 0.3) is 0 Å². The molecular formula is C23H21NO3. The predicted molar refractivity (Wildman–Crippen MR) is 105 cm³/mol. The zero-order chi connectivity index (χ0) is 18.6. The van der Waals surface area contributed by atoms with Gasteiger partial charge in [0.2, 0.25) is 6.10 Å². The topological polar surface area (TPSA) is 38.8 Å². The molecule has 1 atom stereocenters. The maximum Gasteiger partial charge on any atom is 0.271 e. The molecule has 0 radical (unpaired) electrons. The first-order valence-electron chi connectivity index (χ1n) is 9.01. The fraction of sp³-hybridized carbons (Fsp3) is 0.174. The molecule has 0 spiro atoms. The maximum atomic E-state index is 13.3. The van der Waals surface area contributed by atoms with E-state index in [4.69, 9.17) is 9.47 Å². The molecule has 0 aromatic heterocycles. The zero-order valence-corrected chi connectivity index (χ0v) is 15.2. The second-order valence-corrected chi connectivity index (χ2v) is 6.61. The van der Waals surface area contributed by atoms with E-state index < -0.39 is 6.10 Å². The third-order valence-electron chi connectivity index (χ3n) is 4.58. The number of benzene rings is 3. The van der Waals surface area contributed by atoms with Gasteiger partial charge in [0.05, 0.1) is 6.54 Å². The van der Waals surface area contributed by atoms with Crippen molar-refractivity contribution < 1.29 is 14.3 Å². The Morgan fingerprint density at radius 3 is 2.33 bits per heavy atom. The molecule has 3 aromatic carbocycles. The number of anilines is 1. The Morgan fingerprint density at radius 2 is 1.59 bits per heavy atom. The molecule has 27 heavy (non-hydrogen) atoms. The van der Waals surface area contributed by atoms with Crippen LogP contribution in [0.4, 0.5) is 5.69 Å². The van der Waals surface area contributed by atoms with Crippen LogP contribution in [0.1, 0.15) is 11.1 Å². The molecule has 1 aliphatic rings. The number of amides is 1. The van der Waals surface area contributed by atoms with E-state index in [0.717, 1.165) is 16.8 Å². The number of carbonyl (C=O) groups is 1. The number of hydrogen-bond acceptors (Lipinski definition) is 3. The average Bonchev–Trinajstić information content (AvgIpc) is 2.73. The van der Waals surface area contributed by atoms with Gasteiger partial charge in [-0.1, -0.05) is 60.2 Å². The lowest BCUT2D eigenvalue weighted by Gasteiger charge is -2.31. The number of hydrogen-bond donors (Lipinski definition) is 0. The Morgan fingerprint density at radius 1 is 0.926 bits per heavy atom. The predicted octanol–water partition coefficient (Wildman–Crippen LogP) is 4.37. The molecule has 1 amide bonds. The van der Waals surface area contributed by atoms with Crippen LogP contribution in [0.3, 0.4) is 0 Å². The van der Waals surface area contributed by atoms with Crippen LogP contribution in [-0.2, 0) is 11.3 Å². The second kappa shape index (κ2) is 7.54. The first-order chi connectivity index (χ1) is 13.2. The highest BCUT2D eigenvalue weighted by atomic mass is 16.6. The fourth-order valence-electron chi connectivity index (χ4n) is 3.10. The van der Waals surface area contributed by atoms with Crippen LogP contribution in [0.2, 0.25) is 0 Å². The van der Waals surface area contributed by atoms with Crippen molar-refractivity contribution in [1.29, 1.82) is 0 Å². The van der Waals surface area contributed by atoms with Crippen molar-refractivity contribution in [2.75, 3.05) is 11.5 Å². The van der Waals surface area contributed by atoms with Crippen molar-refractivity contribution >= 4 is 11.6 Å². The molecular weight excluding hydrogens is 338 g/mol. The molecule has 1 aliphatic heterocycles. The highest BCUT2D eigenvalue weighted by molar-refractivity contribution is 5.97. The van der Waals surface area contributed by atoms with Gasteiger partial charge in [-0.05, 0) is 36.8 Å². The molecule has 0 N–H and O–H groups in total. The van der Waals surface area contributed by atoms with E-state index in [0.29, 0.717) is 18.0 Å². The van der Waals surface area contributed by atoms with E-state index in [1.165, 1.54) is 0 Å². The summed E-state index contributed by atoms with van der Waals surface area (Å²) in [4.78, 5) is 15.1. The van der Waals surface area contributed by atoms with Gasteiger partial charge in [0.25, 0.3) is 5.91 Å². The first kappa shape index (κ1) is 17.2. The Hall–Kier alpha value is -3.27. The van der Waals surface area contributed by atoms with Gasteiger partial charge in [-0.2, -0.15) is 0 Å². The highest BCUT2D eigenvalue weighted by Gasteiger charge is 2.31. The fourth-order valence-corrected chi connectivity index (χ4v) is 3.10. The van der Waals surface area contributed by atoms with E-state index in [1.807, 2.05) is 85.8 Å². The summed E-state index contributed by atoms with van der Waals surface area (Å²) in [7, 11) is 0. The summed E-state index contributed by atoms with van der Waals surface area (Å²) in [6.07, 6.45) is -0.676. The minimum absolute atomic E-state index is 0.114. The highest BCUT2D eigenvalue weighted by Crippen LogP contribution is 2.32. The number of nitrogens with zero attached hydrogens (tertiary/aromatic N) is 1. The van der Waals surface area contributed by atoms with Gasteiger partial charge >= 0.3 is 0 Å². The van der Waals surface area contributed by atoms with Crippen LogP contribution in [0.15, 0.2) is 78.9 Å². The molecule has 0 fully saturated rings. The lowest BCUT2D eigenvalue weighted by molar-refractivity contribution is -0.127. The van der Waals surface area contributed by atoms with Crippen molar-refractivity contribution in [1.82, 2.24) is 0 Å². The Kier molecular flexibility index (Phi) is 4.79. The van der Waals surface area contributed by atoms with E-state index in [9.17, 15) is 4.79 Å². The van der Waals surface area contributed by atoms with Crippen molar-refractivity contribution in [3.63, 3.8) is 0 Å². The number of ether oxygens (including phenoxy) is 2. The quantitative estimate of drug-likeness (QED) is 0.694. The summed E-state index contributed by atoms with van der Waals surface area (Å²) in [6.45, 7) is 2.71. The summed E-state index contributed by atoms with van der Waals surface area (Å²) < 4.78 is 11.7. The summed E-state index contributed by atoms with van der Waals surface area (Å²) in [5.74, 6) is 1.16. The van der Waals surface area contributed by atoms with E-state index in [-0.39, 0.29) is 12.5 Å². The number of aryl methyl sites for hydroxylation is 1. The Balaban J connectivity index is 1.61. The van der Waals surface area contributed by atoms with Crippen LogP contribution < -0.4 is 14.4 Å². The van der Waals surface area contributed by atoms with E-state index >= 15 is 0 Å². The molecule has 0 saturated heterocycles. The van der Waals surface area contributed by atoms with Gasteiger partial charge in [-0.3, -0.25) is 4.79 Å². The summed E-state index contributed by atoms with van der Waals surface area (Å²) in [5.41, 5.74) is 3.05. The SMILES string of the molecule is Cc1ccc(N(Cc2ccccc2)C(=O)[C@H]2COc3ccccc3O2)cc1. The number of rotatable bonds is 4. The molecule has 3 aromatic rings. The minimum Gasteiger partial charge on any atom is -0.485 e. The maximum absolute atomic E-state index is 13.3. The summed E-state index contributed by atoms with van der Waals surface area (Å²) in [6, 6.07) is 25.3. The average molecular weight is 359 g/mol. The van der Waals surface area contributed by atoms with E-state index in [2.05, 4.69) is 0 Å². The van der Waals surface area contributed by atoms with Gasteiger partial charge in [0, 0.05) is 5.69 Å². The smallest absolute Gasteiger partial charge is 0.271 e. The van der Waals surface area contributed by atoms with Crippen molar-refractivity contribution in [3.05, 3.63) is 90.0 Å². The van der Waals surface area contributed by atoms with Crippen LogP contribution in [-0.4, -0.2) is 18.6 Å². The lowest BCUT2D eigenvalue weighted by Crippen LogP contribution is -2.46. The van der Waals surface area contributed by atoms with Gasteiger partial charge in [-0.15, -0.1) is 0 Å². The van der Waals surface area contributed by atoms with E-state index in [1.54, 1.807) is 4.90 Å². The monoisotopic (exact) mass is 359 g/mol. The van der Waals surface area contributed by atoms with Gasteiger partial charge in [0.15, 0.2) is 11.5 Å². The zero-order valence-electron chi connectivity index (χ0n) is 15.2. The minimum atomic E-state index is -0.676. The third kappa shape index (κ3) is 3.80.